The Bertz CT molecular complexity index is 1060. The smallest absolute Gasteiger partial charge is 0.254 e. The molecule has 1 aromatic carbocycles. The number of hydrogen-bond donors (Lipinski definition) is 1. The summed E-state index contributed by atoms with van der Waals surface area (Å²) in [6.07, 6.45) is 5.13. The summed E-state index contributed by atoms with van der Waals surface area (Å²) in [4.78, 5) is 19.9. The summed E-state index contributed by atoms with van der Waals surface area (Å²) in [6, 6.07) is 10.6. The highest BCUT2D eigenvalue weighted by molar-refractivity contribution is 5.93. The number of benzene rings is 1. The van der Waals surface area contributed by atoms with E-state index in [9.17, 15) is 4.79 Å². The van der Waals surface area contributed by atoms with Gasteiger partial charge in [0.15, 0.2) is 5.82 Å². The average Bonchev–Trinajstić information content (AvgIpc) is 3.52. The van der Waals surface area contributed by atoms with Crippen LogP contribution in [0.5, 0.6) is 0 Å². The summed E-state index contributed by atoms with van der Waals surface area (Å²) in [5.41, 5.74) is 1.69. The third kappa shape index (κ3) is 3.76. The lowest BCUT2D eigenvalue weighted by Gasteiger charge is -2.25. The van der Waals surface area contributed by atoms with E-state index < -0.39 is 0 Å². The van der Waals surface area contributed by atoms with E-state index in [4.69, 9.17) is 4.52 Å². The van der Waals surface area contributed by atoms with Gasteiger partial charge in [0, 0.05) is 38.4 Å². The van der Waals surface area contributed by atoms with E-state index in [0.717, 1.165) is 39.0 Å². The van der Waals surface area contributed by atoms with Crippen LogP contribution in [-0.4, -0.2) is 49.9 Å². The van der Waals surface area contributed by atoms with Gasteiger partial charge in [-0.15, -0.1) is 0 Å². The second-order valence-corrected chi connectivity index (χ2v) is 8.85. The van der Waals surface area contributed by atoms with Gasteiger partial charge in [0.05, 0.1) is 17.2 Å². The van der Waals surface area contributed by atoms with Crippen molar-refractivity contribution in [1.82, 2.24) is 30.1 Å². The first-order chi connectivity index (χ1) is 15.1. The maximum absolute atomic E-state index is 12.8. The highest BCUT2D eigenvalue weighted by Crippen LogP contribution is 2.50. The summed E-state index contributed by atoms with van der Waals surface area (Å²) in [5, 5.41) is 11.5. The zero-order valence-corrected chi connectivity index (χ0v) is 18.0. The summed E-state index contributed by atoms with van der Waals surface area (Å²) < 4.78 is 7.46. The molecule has 31 heavy (non-hydrogen) atoms. The van der Waals surface area contributed by atoms with E-state index in [0.29, 0.717) is 23.2 Å². The average molecular weight is 421 g/mol. The minimum Gasteiger partial charge on any atom is -0.349 e. The largest absolute Gasteiger partial charge is 0.349 e. The van der Waals surface area contributed by atoms with E-state index in [1.165, 1.54) is 5.56 Å². The Balaban J connectivity index is 1.34. The maximum Gasteiger partial charge on any atom is 0.254 e. The maximum atomic E-state index is 12.8. The number of carbonyl (C=O) groups excluding carboxylic acids is 1. The number of nitrogens with one attached hydrogen (secondary N) is 1. The van der Waals surface area contributed by atoms with Gasteiger partial charge in [-0.25, -0.2) is 0 Å². The van der Waals surface area contributed by atoms with Crippen LogP contribution in [0.1, 0.15) is 47.4 Å². The SMILES string of the molecule is CCn1cc(C(=O)NC2CC3CN(Cc4ccccc4)CC3(c3nc(C)no3)C2)cn1. The molecule has 0 bridgehead atoms. The molecule has 2 fully saturated rings. The molecule has 162 valence electrons. The highest BCUT2D eigenvalue weighted by atomic mass is 16.5. The summed E-state index contributed by atoms with van der Waals surface area (Å²) in [7, 11) is 0. The monoisotopic (exact) mass is 420 g/mol. The molecule has 3 heterocycles. The molecule has 2 aliphatic rings. The molecule has 0 radical (unpaired) electrons. The van der Waals surface area contributed by atoms with Gasteiger partial charge in [-0.05, 0) is 38.2 Å². The van der Waals surface area contributed by atoms with Gasteiger partial charge in [0.25, 0.3) is 5.91 Å². The van der Waals surface area contributed by atoms with E-state index in [2.05, 4.69) is 49.7 Å². The molecule has 1 saturated heterocycles. The molecule has 5 rings (SSSR count). The molecule has 8 nitrogen and oxygen atoms in total. The molecule has 3 aromatic rings. The molecule has 3 atom stereocenters. The lowest BCUT2D eigenvalue weighted by molar-refractivity contribution is 0.0933. The Labute approximate surface area is 181 Å². The molecular weight excluding hydrogens is 392 g/mol. The third-order valence-corrected chi connectivity index (χ3v) is 6.70. The fraction of sp³-hybridized carbons (Fsp3) is 0.478. The van der Waals surface area contributed by atoms with Crippen LogP contribution in [0.25, 0.3) is 0 Å². The Morgan fingerprint density at radius 1 is 1.32 bits per heavy atom. The third-order valence-electron chi connectivity index (χ3n) is 6.70. The quantitative estimate of drug-likeness (QED) is 0.659. The van der Waals surface area contributed by atoms with Crippen molar-refractivity contribution in [3.8, 4) is 0 Å². The van der Waals surface area contributed by atoms with Gasteiger partial charge in [-0.1, -0.05) is 35.5 Å². The molecule has 1 aliphatic heterocycles. The molecule has 1 N–H and O–H groups in total. The minimum atomic E-state index is -0.221. The van der Waals surface area contributed by atoms with Gasteiger partial charge >= 0.3 is 0 Å². The molecule has 8 heteroatoms. The number of fused-ring (bicyclic) bond motifs is 1. The van der Waals surface area contributed by atoms with Crippen LogP contribution in [0, 0.1) is 12.8 Å². The number of likely N-dealkylation sites (tertiary alicyclic amines) is 1. The number of aromatic nitrogens is 4. The summed E-state index contributed by atoms with van der Waals surface area (Å²) in [6.45, 7) is 7.32. The van der Waals surface area contributed by atoms with E-state index in [-0.39, 0.29) is 17.4 Å². The van der Waals surface area contributed by atoms with Crippen LogP contribution in [0.4, 0.5) is 0 Å². The van der Waals surface area contributed by atoms with Crippen LogP contribution in [0.3, 0.4) is 0 Å². The number of amides is 1. The highest BCUT2D eigenvalue weighted by Gasteiger charge is 2.57. The molecular formula is C23H28N6O2. The number of aryl methyl sites for hydroxylation is 2. The second-order valence-electron chi connectivity index (χ2n) is 8.85. The minimum absolute atomic E-state index is 0.0670. The van der Waals surface area contributed by atoms with Crippen molar-refractivity contribution in [3.63, 3.8) is 0 Å². The molecule has 2 aromatic heterocycles. The number of nitrogens with zero attached hydrogens (tertiary/aromatic N) is 5. The van der Waals surface area contributed by atoms with Crippen LogP contribution < -0.4 is 5.32 Å². The Morgan fingerprint density at radius 2 is 2.16 bits per heavy atom. The van der Waals surface area contributed by atoms with E-state index in [1.54, 1.807) is 17.1 Å². The molecule has 0 spiro atoms. The van der Waals surface area contributed by atoms with Crippen molar-refractivity contribution in [2.75, 3.05) is 13.1 Å². The first-order valence-corrected chi connectivity index (χ1v) is 11.0. The van der Waals surface area contributed by atoms with Gasteiger partial charge in [0.2, 0.25) is 5.89 Å². The lowest BCUT2D eigenvalue weighted by Crippen LogP contribution is -2.38. The number of rotatable bonds is 6. The fourth-order valence-electron chi connectivity index (χ4n) is 5.30. The molecule has 3 unspecified atom stereocenters. The zero-order valence-electron chi connectivity index (χ0n) is 18.0. The second kappa shape index (κ2) is 7.92. The first-order valence-electron chi connectivity index (χ1n) is 11.0. The lowest BCUT2D eigenvalue weighted by atomic mass is 9.80. The van der Waals surface area contributed by atoms with Gasteiger partial charge in [-0.3, -0.25) is 14.4 Å². The van der Waals surface area contributed by atoms with Crippen LogP contribution >= 0.6 is 0 Å². The number of carbonyl (C=O) groups is 1. The summed E-state index contributed by atoms with van der Waals surface area (Å²) in [5.74, 6) is 1.66. The van der Waals surface area contributed by atoms with E-state index >= 15 is 0 Å². The van der Waals surface area contributed by atoms with Crippen molar-refractivity contribution in [2.45, 2.75) is 51.2 Å². The fourth-order valence-corrected chi connectivity index (χ4v) is 5.30. The van der Waals surface area contributed by atoms with Crippen LogP contribution in [0.15, 0.2) is 47.2 Å². The Morgan fingerprint density at radius 3 is 2.87 bits per heavy atom. The van der Waals surface area contributed by atoms with Crippen molar-refractivity contribution >= 4 is 5.91 Å². The van der Waals surface area contributed by atoms with Crippen LogP contribution in [-0.2, 0) is 18.5 Å². The predicted octanol–water partition coefficient (Wildman–Crippen LogP) is 2.56. The Hall–Kier alpha value is -3.00. The summed E-state index contributed by atoms with van der Waals surface area (Å²) >= 11 is 0. The van der Waals surface area contributed by atoms with Crippen LogP contribution in [0.2, 0.25) is 0 Å². The zero-order chi connectivity index (χ0) is 21.4. The standard InChI is InChI=1S/C23H28N6O2/c1-3-29-13-18(11-24-29)21(30)26-20-9-19-14-28(12-17-7-5-4-6-8-17)15-23(19,10-20)22-25-16(2)27-31-22/h4-8,11,13,19-20H,3,9-10,12,14-15H2,1-2H3,(H,26,30). The first kappa shape index (κ1) is 19.9. The number of hydrogen-bond acceptors (Lipinski definition) is 6. The van der Waals surface area contributed by atoms with Crippen molar-refractivity contribution in [1.29, 1.82) is 0 Å². The molecule has 1 amide bonds. The van der Waals surface area contributed by atoms with Gasteiger partial charge in [0.1, 0.15) is 0 Å². The van der Waals surface area contributed by atoms with E-state index in [1.807, 2.05) is 19.9 Å². The normalized spacial score (nSPS) is 25.6. The molecule has 1 saturated carbocycles. The van der Waals surface area contributed by atoms with Gasteiger partial charge in [-0.2, -0.15) is 10.1 Å². The Kier molecular flexibility index (Phi) is 5.09. The van der Waals surface area contributed by atoms with Crippen molar-refractivity contribution < 1.29 is 9.32 Å². The van der Waals surface area contributed by atoms with Crippen molar-refractivity contribution in [2.24, 2.45) is 5.92 Å². The molecule has 1 aliphatic carbocycles. The predicted molar refractivity (Wildman–Crippen MR) is 114 cm³/mol. The van der Waals surface area contributed by atoms with Crippen molar-refractivity contribution in [3.05, 3.63) is 65.6 Å². The van der Waals surface area contributed by atoms with Gasteiger partial charge < -0.3 is 9.84 Å². The topological polar surface area (TPSA) is 89.1 Å².